The van der Waals surface area contributed by atoms with Crippen LogP contribution in [0.15, 0.2) is 48.9 Å². The summed E-state index contributed by atoms with van der Waals surface area (Å²) < 4.78 is 7.40. The van der Waals surface area contributed by atoms with E-state index < -0.39 is 0 Å². The third-order valence-electron chi connectivity index (χ3n) is 6.25. The van der Waals surface area contributed by atoms with Crippen LogP contribution < -0.4 is 0 Å². The Morgan fingerprint density at radius 1 is 1.14 bits per heavy atom. The summed E-state index contributed by atoms with van der Waals surface area (Å²) in [5, 5.41) is 0. The largest absolute Gasteiger partial charge is 0.381 e. The van der Waals surface area contributed by atoms with Crippen LogP contribution in [-0.4, -0.2) is 46.5 Å². The molecule has 3 aromatic rings. The molecular weight excluding hydrogens is 362 g/mol. The van der Waals surface area contributed by atoms with Gasteiger partial charge in [0.2, 0.25) is 5.91 Å². The molecule has 1 radical (unpaired) electrons. The molecule has 0 N–H and O–H groups in total. The minimum absolute atomic E-state index is 0.305. The van der Waals surface area contributed by atoms with Gasteiger partial charge in [-0.25, -0.2) is 4.98 Å². The first-order valence-electron chi connectivity index (χ1n) is 10.5. The standard InChI is InChI=1S/C24H26N3O2/c28-24(15-19-6-11-29-12-7-19)27-16-22(17-27)21-3-1-18(2-4-21)13-20-5-9-26-10-8-25-23(26)14-20/h1-3,5,8-10,14,19,22H,6-7,11-13,15-17H2. The normalized spacial score (nSPS) is 18.1. The van der Waals surface area contributed by atoms with Crippen LogP contribution >= 0.6 is 0 Å². The highest BCUT2D eigenvalue weighted by molar-refractivity contribution is 5.77. The Hall–Kier alpha value is -2.66. The lowest BCUT2D eigenvalue weighted by Gasteiger charge is -2.40. The van der Waals surface area contributed by atoms with E-state index in [9.17, 15) is 4.79 Å². The van der Waals surface area contributed by atoms with Crippen molar-refractivity contribution in [2.24, 2.45) is 5.92 Å². The summed E-state index contributed by atoms with van der Waals surface area (Å²) in [4.78, 5) is 18.8. The number of amides is 1. The molecule has 2 aliphatic heterocycles. The number of nitrogens with zero attached hydrogens (tertiary/aromatic N) is 3. The third kappa shape index (κ3) is 4.06. The van der Waals surface area contributed by atoms with Crippen LogP contribution in [-0.2, 0) is 16.0 Å². The van der Waals surface area contributed by atoms with E-state index >= 15 is 0 Å². The number of pyridine rings is 1. The number of fused-ring (bicyclic) bond motifs is 1. The van der Waals surface area contributed by atoms with Gasteiger partial charge < -0.3 is 14.0 Å². The monoisotopic (exact) mass is 388 g/mol. The molecule has 0 spiro atoms. The van der Waals surface area contributed by atoms with E-state index in [2.05, 4.69) is 47.6 Å². The summed E-state index contributed by atoms with van der Waals surface area (Å²) in [5.41, 5.74) is 4.69. The number of likely N-dealkylation sites (tertiary alicyclic amines) is 1. The number of carbonyl (C=O) groups is 1. The maximum Gasteiger partial charge on any atom is 0.222 e. The predicted molar refractivity (Wildman–Crippen MR) is 111 cm³/mol. The summed E-state index contributed by atoms with van der Waals surface area (Å²) >= 11 is 0. The SMILES string of the molecule is O=C(CC1CCOCC1)N1CC(c2[c]cc(Cc3ccn4ccnc4c3)cc2)C1. The van der Waals surface area contributed by atoms with Gasteiger partial charge in [0.15, 0.2) is 0 Å². The lowest BCUT2D eigenvalue weighted by Crippen LogP contribution is -2.49. The molecule has 2 fully saturated rings. The average molecular weight is 388 g/mol. The maximum absolute atomic E-state index is 12.5. The molecule has 1 aromatic carbocycles. The highest BCUT2D eigenvalue weighted by Crippen LogP contribution is 2.29. The van der Waals surface area contributed by atoms with Gasteiger partial charge in [0, 0.05) is 57.2 Å². The van der Waals surface area contributed by atoms with Gasteiger partial charge in [-0.2, -0.15) is 0 Å². The molecule has 1 amide bonds. The van der Waals surface area contributed by atoms with Gasteiger partial charge in [0.1, 0.15) is 5.65 Å². The van der Waals surface area contributed by atoms with E-state index in [1.54, 1.807) is 0 Å². The molecule has 2 aliphatic rings. The zero-order valence-corrected chi connectivity index (χ0v) is 16.6. The molecule has 2 saturated heterocycles. The van der Waals surface area contributed by atoms with Crippen molar-refractivity contribution in [2.45, 2.75) is 31.6 Å². The van der Waals surface area contributed by atoms with Crippen LogP contribution in [0.2, 0.25) is 0 Å². The summed E-state index contributed by atoms with van der Waals surface area (Å²) in [7, 11) is 0. The summed E-state index contributed by atoms with van der Waals surface area (Å²) in [6, 6.07) is 14.2. The lowest BCUT2D eigenvalue weighted by molar-refractivity contribution is -0.137. The zero-order chi connectivity index (χ0) is 19.6. The first-order chi connectivity index (χ1) is 14.2. The Morgan fingerprint density at radius 2 is 2.00 bits per heavy atom. The second kappa shape index (κ2) is 7.99. The average Bonchev–Trinajstić information content (AvgIpc) is 3.17. The minimum Gasteiger partial charge on any atom is -0.381 e. The van der Waals surface area contributed by atoms with E-state index in [1.165, 1.54) is 16.7 Å². The maximum atomic E-state index is 12.5. The Bertz CT molecular complexity index is 983. The second-order valence-electron chi connectivity index (χ2n) is 8.31. The number of ether oxygens (including phenoxy) is 1. The number of benzene rings is 1. The Balaban J connectivity index is 1.14. The van der Waals surface area contributed by atoms with Crippen molar-refractivity contribution in [3.63, 3.8) is 0 Å². The van der Waals surface area contributed by atoms with Crippen molar-refractivity contribution >= 4 is 11.6 Å². The molecule has 5 nitrogen and oxygen atoms in total. The van der Waals surface area contributed by atoms with Gasteiger partial charge in [0.05, 0.1) is 0 Å². The number of rotatable bonds is 5. The number of carbonyl (C=O) groups excluding carboxylic acids is 1. The van der Waals surface area contributed by atoms with Crippen molar-refractivity contribution < 1.29 is 9.53 Å². The van der Waals surface area contributed by atoms with Crippen molar-refractivity contribution in [1.29, 1.82) is 0 Å². The fraction of sp³-hybridized carbons (Fsp3) is 0.417. The number of hydrogen-bond donors (Lipinski definition) is 0. The Labute approximate surface area is 171 Å². The van der Waals surface area contributed by atoms with Crippen LogP contribution in [0.1, 0.15) is 41.9 Å². The zero-order valence-electron chi connectivity index (χ0n) is 16.6. The summed E-state index contributed by atoms with van der Waals surface area (Å²) in [5.74, 6) is 1.23. The van der Waals surface area contributed by atoms with Gasteiger partial charge in [-0.05, 0) is 60.1 Å². The molecule has 0 saturated carbocycles. The summed E-state index contributed by atoms with van der Waals surface area (Å²) in [6.45, 7) is 3.26. The molecule has 2 aromatic heterocycles. The Morgan fingerprint density at radius 3 is 2.79 bits per heavy atom. The molecule has 0 atom stereocenters. The third-order valence-corrected chi connectivity index (χ3v) is 6.25. The molecule has 0 unspecified atom stereocenters. The smallest absolute Gasteiger partial charge is 0.222 e. The van der Waals surface area contributed by atoms with Gasteiger partial charge >= 0.3 is 0 Å². The molecule has 0 aliphatic carbocycles. The van der Waals surface area contributed by atoms with Crippen molar-refractivity contribution in [2.75, 3.05) is 26.3 Å². The molecule has 29 heavy (non-hydrogen) atoms. The molecular formula is C24H26N3O2. The van der Waals surface area contributed by atoms with Gasteiger partial charge in [0.25, 0.3) is 0 Å². The van der Waals surface area contributed by atoms with E-state index in [-0.39, 0.29) is 0 Å². The summed E-state index contributed by atoms with van der Waals surface area (Å²) in [6.07, 6.45) is 9.42. The van der Waals surface area contributed by atoms with Crippen LogP contribution in [0, 0.1) is 12.0 Å². The van der Waals surface area contributed by atoms with Gasteiger partial charge in [-0.3, -0.25) is 4.79 Å². The molecule has 5 heteroatoms. The van der Waals surface area contributed by atoms with Gasteiger partial charge in [-0.15, -0.1) is 0 Å². The van der Waals surface area contributed by atoms with Crippen molar-refractivity contribution in [3.8, 4) is 0 Å². The molecule has 149 valence electrons. The van der Waals surface area contributed by atoms with Gasteiger partial charge in [-0.1, -0.05) is 18.2 Å². The molecule has 5 rings (SSSR count). The number of imidazole rings is 1. The van der Waals surface area contributed by atoms with Crippen LogP contribution in [0.4, 0.5) is 0 Å². The first-order valence-corrected chi connectivity index (χ1v) is 10.5. The first kappa shape index (κ1) is 18.4. The van der Waals surface area contributed by atoms with E-state index in [0.717, 1.165) is 51.2 Å². The number of aromatic nitrogens is 2. The predicted octanol–water partition coefficient (Wildman–Crippen LogP) is 3.47. The minimum atomic E-state index is 0.305. The lowest BCUT2D eigenvalue weighted by atomic mass is 9.88. The number of hydrogen-bond acceptors (Lipinski definition) is 3. The Kier molecular flexibility index (Phi) is 5.06. The van der Waals surface area contributed by atoms with E-state index in [4.69, 9.17) is 4.74 Å². The van der Waals surface area contributed by atoms with E-state index in [1.807, 2.05) is 21.7 Å². The van der Waals surface area contributed by atoms with Crippen LogP contribution in [0.3, 0.4) is 0 Å². The fourth-order valence-electron chi connectivity index (χ4n) is 4.34. The van der Waals surface area contributed by atoms with Crippen LogP contribution in [0.5, 0.6) is 0 Å². The molecule has 0 bridgehead atoms. The second-order valence-corrected chi connectivity index (χ2v) is 8.31. The highest BCUT2D eigenvalue weighted by Gasteiger charge is 2.32. The topological polar surface area (TPSA) is 46.8 Å². The van der Waals surface area contributed by atoms with Crippen LogP contribution in [0.25, 0.3) is 5.65 Å². The molecule has 4 heterocycles. The van der Waals surface area contributed by atoms with Crippen molar-refractivity contribution in [1.82, 2.24) is 14.3 Å². The quantitative estimate of drug-likeness (QED) is 0.672. The van der Waals surface area contributed by atoms with Crippen molar-refractivity contribution in [3.05, 3.63) is 71.7 Å². The fourth-order valence-corrected chi connectivity index (χ4v) is 4.34. The highest BCUT2D eigenvalue weighted by atomic mass is 16.5. The van der Waals surface area contributed by atoms with E-state index in [0.29, 0.717) is 24.2 Å².